The molecular weight excluding hydrogens is 248 g/mol. The highest BCUT2D eigenvalue weighted by atomic mass is 32.2. The van der Waals surface area contributed by atoms with Gasteiger partial charge in [-0.2, -0.15) is 4.89 Å². The molecule has 0 atom stereocenters. The van der Waals surface area contributed by atoms with Gasteiger partial charge in [0.05, 0.1) is 0 Å². The van der Waals surface area contributed by atoms with Crippen molar-refractivity contribution >= 4 is 23.8 Å². The lowest BCUT2D eigenvalue weighted by atomic mass is 10.2. The summed E-state index contributed by atoms with van der Waals surface area (Å²) in [5.74, 6) is -0.515. The van der Waals surface area contributed by atoms with Crippen molar-refractivity contribution in [3.8, 4) is 0 Å². The van der Waals surface area contributed by atoms with E-state index in [4.69, 9.17) is 4.89 Å². The predicted octanol–water partition coefficient (Wildman–Crippen LogP) is 3.70. The lowest BCUT2D eigenvalue weighted by molar-refractivity contribution is -0.316. The third-order valence-corrected chi connectivity index (χ3v) is 2.65. The average molecular weight is 266 g/mol. The zero-order valence-electron chi connectivity index (χ0n) is 11.1. The molecule has 0 aromatic heterocycles. The Hall–Kier alpha value is -1.26. The Balaban J connectivity index is 2.50. The maximum absolute atomic E-state index is 11.3. The maximum Gasteiger partial charge on any atom is 0.365 e. The SMILES string of the molecule is CSc1ccc(/C=C/C(=O)OOC(C)(C)C)cc1. The molecule has 0 spiro atoms. The molecule has 0 radical (unpaired) electrons. The second-order valence-corrected chi connectivity index (χ2v) is 5.58. The Morgan fingerprint density at radius 3 is 2.33 bits per heavy atom. The minimum atomic E-state index is -0.515. The Labute approximate surface area is 112 Å². The van der Waals surface area contributed by atoms with Crippen LogP contribution < -0.4 is 0 Å². The average Bonchev–Trinajstić information content (AvgIpc) is 2.33. The fourth-order valence-corrected chi connectivity index (χ4v) is 1.48. The van der Waals surface area contributed by atoms with Gasteiger partial charge in [0.25, 0.3) is 0 Å². The molecule has 0 N–H and O–H groups in total. The lowest BCUT2D eigenvalue weighted by Gasteiger charge is -2.15. The number of thioether (sulfide) groups is 1. The number of carbonyl (C=O) groups excluding carboxylic acids is 1. The van der Waals surface area contributed by atoms with E-state index in [1.54, 1.807) is 17.8 Å². The molecule has 0 amide bonds. The Morgan fingerprint density at radius 1 is 1.22 bits per heavy atom. The number of rotatable bonds is 4. The molecule has 98 valence electrons. The van der Waals surface area contributed by atoms with Crippen LogP contribution in [0.25, 0.3) is 6.08 Å². The molecule has 0 fully saturated rings. The van der Waals surface area contributed by atoms with Crippen molar-refractivity contribution in [3.63, 3.8) is 0 Å². The second-order valence-electron chi connectivity index (χ2n) is 4.70. The molecule has 1 aromatic carbocycles. The van der Waals surface area contributed by atoms with Crippen molar-refractivity contribution in [1.82, 2.24) is 0 Å². The van der Waals surface area contributed by atoms with Gasteiger partial charge in [-0.05, 0) is 50.8 Å². The molecular formula is C14H18O3S. The summed E-state index contributed by atoms with van der Waals surface area (Å²) in [6, 6.07) is 7.89. The number of hydrogen-bond acceptors (Lipinski definition) is 4. The zero-order valence-corrected chi connectivity index (χ0v) is 11.9. The van der Waals surface area contributed by atoms with Crippen molar-refractivity contribution in [2.24, 2.45) is 0 Å². The molecule has 0 bridgehead atoms. The Kier molecular flexibility index (Phi) is 5.44. The number of benzene rings is 1. The van der Waals surface area contributed by atoms with Crippen LogP contribution in [0, 0.1) is 0 Å². The van der Waals surface area contributed by atoms with E-state index in [9.17, 15) is 4.79 Å². The minimum absolute atomic E-state index is 0.497. The molecule has 0 aliphatic rings. The van der Waals surface area contributed by atoms with Crippen LogP contribution in [-0.2, 0) is 14.6 Å². The molecule has 0 saturated carbocycles. The predicted molar refractivity (Wildman–Crippen MR) is 74.2 cm³/mol. The first kappa shape index (κ1) is 14.8. The van der Waals surface area contributed by atoms with Crippen molar-refractivity contribution in [3.05, 3.63) is 35.9 Å². The van der Waals surface area contributed by atoms with Crippen LogP contribution >= 0.6 is 11.8 Å². The van der Waals surface area contributed by atoms with Crippen LogP contribution in [0.3, 0.4) is 0 Å². The first-order valence-corrected chi connectivity index (χ1v) is 6.85. The molecule has 3 nitrogen and oxygen atoms in total. The van der Waals surface area contributed by atoms with E-state index < -0.39 is 11.6 Å². The highest BCUT2D eigenvalue weighted by molar-refractivity contribution is 7.98. The lowest BCUT2D eigenvalue weighted by Crippen LogP contribution is -2.21. The molecule has 4 heteroatoms. The smallest absolute Gasteiger partial charge is 0.293 e. The molecule has 1 aromatic rings. The van der Waals surface area contributed by atoms with Gasteiger partial charge in [-0.15, -0.1) is 11.8 Å². The molecule has 18 heavy (non-hydrogen) atoms. The van der Waals surface area contributed by atoms with E-state index in [1.807, 2.05) is 51.3 Å². The van der Waals surface area contributed by atoms with E-state index >= 15 is 0 Å². The second kappa shape index (κ2) is 6.61. The fraction of sp³-hybridized carbons (Fsp3) is 0.357. The third-order valence-electron chi connectivity index (χ3n) is 1.90. The van der Waals surface area contributed by atoms with E-state index in [-0.39, 0.29) is 0 Å². The van der Waals surface area contributed by atoms with Crippen LogP contribution in [0.4, 0.5) is 0 Å². The highest BCUT2D eigenvalue weighted by Crippen LogP contribution is 2.15. The van der Waals surface area contributed by atoms with Gasteiger partial charge in [0, 0.05) is 11.0 Å². The summed E-state index contributed by atoms with van der Waals surface area (Å²) in [7, 11) is 0. The van der Waals surface area contributed by atoms with Gasteiger partial charge in [-0.25, -0.2) is 4.79 Å². The van der Waals surface area contributed by atoms with Gasteiger partial charge in [-0.1, -0.05) is 12.1 Å². The summed E-state index contributed by atoms with van der Waals surface area (Å²) in [5.41, 5.74) is 0.448. The van der Waals surface area contributed by atoms with Gasteiger partial charge in [0.2, 0.25) is 0 Å². The normalized spacial score (nSPS) is 11.8. The van der Waals surface area contributed by atoms with E-state index in [1.165, 1.54) is 11.0 Å². The largest absolute Gasteiger partial charge is 0.365 e. The topological polar surface area (TPSA) is 35.5 Å². The standard InChI is InChI=1S/C14H18O3S/c1-14(2,3)17-16-13(15)10-7-11-5-8-12(18-4)9-6-11/h5-10H,1-4H3/b10-7+. The quantitative estimate of drug-likeness (QED) is 0.360. The van der Waals surface area contributed by atoms with Gasteiger partial charge in [0.1, 0.15) is 5.60 Å². The van der Waals surface area contributed by atoms with Gasteiger partial charge in [-0.3, -0.25) is 4.89 Å². The molecule has 0 aliphatic heterocycles. The minimum Gasteiger partial charge on any atom is -0.293 e. The van der Waals surface area contributed by atoms with E-state index in [0.717, 1.165) is 5.56 Å². The van der Waals surface area contributed by atoms with Crippen LogP contribution in [0.15, 0.2) is 35.2 Å². The summed E-state index contributed by atoms with van der Waals surface area (Å²) in [4.78, 5) is 22.1. The summed E-state index contributed by atoms with van der Waals surface area (Å²) in [5, 5.41) is 0. The monoisotopic (exact) mass is 266 g/mol. The van der Waals surface area contributed by atoms with Gasteiger partial charge in [0.15, 0.2) is 0 Å². The van der Waals surface area contributed by atoms with Crippen molar-refractivity contribution in [2.45, 2.75) is 31.3 Å². The number of carbonyl (C=O) groups is 1. The van der Waals surface area contributed by atoms with Gasteiger partial charge < -0.3 is 0 Å². The van der Waals surface area contributed by atoms with Crippen molar-refractivity contribution < 1.29 is 14.6 Å². The molecule has 0 heterocycles. The van der Waals surface area contributed by atoms with Crippen LogP contribution in [0.1, 0.15) is 26.3 Å². The van der Waals surface area contributed by atoms with Crippen molar-refractivity contribution in [2.75, 3.05) is 6.26 Å². The number of hydrogen-bond donors (Lipinski definition) is 0. The Bertz CT molecular complexity index is 416. The van der Waals surface area contributed by atoms with Crippen LogP contribution in [0.5, 0.6) is 0 Å². The molecule has 0 saturated heterocycles. The van der Waals surface area contributed by atoms with Crippen molar-refractivity contribution in [1.29, 1.82) is 0 Å². The first-order chi connectivity index (χ1) is 8.40. The zero-order chi connectivity index (χ0) is 13.6. The highest BCUT2D eigenvalue weighted by Gasteiger charge is 2.13. The van der Waals surface area contributed by atoms with E-state index in [0.29, 0.717) is 0 Å². The summed E-state index contributed by atoms with van der Waals surface area (Å²) in [6.07, 6.45) is 5.06. The third kappa shape index (κ3) is 5.89. The molecule has 0 aliphatic carbocycles. The van der Waals surface area contributed by atoms with Crippen LogP contribution in [-0.4, -0.2) is 17.8 Å². The summed E-state index contributed by atoms with van der Waals surface area (Å²) >= 11 is 1.68. The Morgan fingerprint density at radius 2 is 1.83 bits per heavy atom. The van der Waals surface area contributed by atoms with E-state index in [2.05, 4.69) is 4.89 Å². The maximum atomic E-state index is 11.3. The fourth-order valence-electron chi connectivity index (χ4n) is 1.07. The summed E-state index contributed by atoms with van der Waals surface area (Å²) in [6.45, 7) is 5.43. The first-order valence-electron chi connectivity index (χ1n) is 5.62. The molecule has 1 rings (SSSR count). The van der Waals surface area contributed by atoms with Crippen LogP contribution in [0.2, 0.25) is 0 Å². The summed E-state index contributed by atoms with van der Waals surface area (Å²) < 4.78 is 0. The van der Waals surface area contributed by atoms with Gasteiger partial charge >= 0.3 is 5.97 Å². The molecule has 0 unspecified atom stereocenters.